The molecule has 0 bridgehead atoms. The van der Waals surface area contributed by atoms with E-state index in [2.05, 4.69) is 5.32 Å². The first kappa shape index (κ1) is 19.6. The largest absolute Gasteiger partial charge is 0.476 e. The SMILES string of the molecule is O=C([C@H]1CN(C(=S)NCc2ccc(F)cc2)c2ccccc2O1)N1CCCCC1. The maximum atomic E-state index is 13.1. The fourth-order valence-electron chi connectivity index (χ4n) is 3.75. The van der Waals surface area contributed by atoms with Gasteiger partial charge in [-0.05, 0) is 61.3 Å². The zero-order valence-corrected chi connectivity index (χ0v) is 17.0. The summed E-state index contributed by atoms with van der Waals surface area (Å²) in [5.41, 5.74) is 1.77. The van der Waals surface area contributed by atoms with Crippen LogP contribution in [0.15, 0.2) is 48.5 Å². The van der Waals surface area contributed by atoms with Crippen LogP contribution in [0.2, 0.25) is 0 Å². The Labute approximate surface area is 175 Å². The zero-order valence-electron chi connectivity index (χ0n) is 16.1. The van der Waals surface area contributed by atoms with Crippen molar-refractivity contribution in [3.8, 4) is 5.75 Å². The molecule has 0 aromatic heterocycles. The van der Waals surface area contributed by atoms with E-state index in [1.807, 2.05) is 34.1 Å². The molecule has 5 nitrogen and oxygen atoms in total. The molecule has 2 aromatic carbocycles. The number of rotatable bonds is 3. The number of amides is 1. The highest BCUT2D eigenvalue weighted by atomic mass is 32.1. The van der Waals surface area contributed by atoms with Crippen LogP contribution < -0.4 is 15.0 Å². The highest BCUT2D eigenvalue weighted by molar-refractivity contribution is 7.80. The van der Waals surface area contributed by atoms with E-state index >= 15 is 0 Å². The Bertz CT molecular complexity index is 884. The third-order valence-electron chi connectivity index (χ3n) is 5.32. The standard InChI is InChI=1S/C22H24FN3O2S/c23-17-10-8-16(9-11-17)14-24-22(29)26-15-20(21(27)25-12-4-1-5-13-25)28-19-7-3-2-6-18(19)26/h2-3,6-11,20H,1,4-5,12-15H2,(H,24,29)/t20-/m1/s1. The molecule has 0 aliphatic carbocycles. The number of nitrogens with one attached hydrogen (secondary N) is 1. The monoisotopic (exact) mass is 413 g/mol. The van der Waals surface area contributed by atoms with Gasteiger partial charge in [0.2, 0.25) is 0 Å². The van der Waals surface area contributed by atoms with Crippen molar-refractivity contribution in [3.63, 3.8) is 0 Å². The van der Waals surface area contributed by atoms with Gasteiger partial charge in [0.05, 0.1) is 12.2 Å². The number of halogens is 1. The van der Waals surface area contributed by atoms with Crippen LogP contribution in [0.3, 0.4) is 0 Å². The number of thiocarbonyl (C=S) groups is 1. The highest BCUT2D eigenvalue weighted by Gasteiger charge is 2.35. The summed E-state index contributed by atoms with van der Waals surface area (Å²) < 4.78 is 19.2. The van der Waals surface area contributed by atoms with E-state index in [1.54, 1.807) is 12.1 Å². The predicted octanol–water partition coefficient (Wildman–Crippen LogP) is 3.48. The molecule has 2 aliphatic rings. The van der Waals surface area contributed by atoms with Crippen LogP contribution in [0.5, 0.6) is 5.75 Å². The van der Waals surface area contributed by atoms with Gasteiger partial charge in [0.25, 0.3) is 5.91 Å². The third kappa shape index (κ3) is 4.50. The van der Waals surface area contributed by atoms with Crippen molar-refractivity contribution in [1.29, 1.82) is 0 Å². The Morgan fingerprint density at radius 3 is 2.59 bits per heavy atom. The number of fused-ring (bicyclic) bond motifs is 1. The lowest BCUT2D eigenvalue weighted by Crippen LogP contribution is -2.54. The zero-order chi connectivity index (χ0) is 20.2. The molecule has 152 valence electrons. The number of piperidine rings is 1. The van der Waals surface area contributed by atoms with Crippen molar-refractivity contribution in [2.75, 3.05) is 24.5 Å². The molecule has 7 heteroatoms. The Morgan fingerprint density at radius 1 is 1.10 bits per heavy atom. The minimum atomic E-state index is -0.589. The van der Waals surface area contributed by atoms with Gasteiger partial charge in [0, 0.05) is 19.6 Å². The highest BCUT2D eigenvalue weighted by Crippen LogP contribution is 2.33. The number of benzene rings is 2. The summed E-state index contributed by atoms with van der Waals surface area (Å²) in [5.74, 6) is 0.406. The molecule has 2 heterocycles. The van der Waals surface area contributed by atoms with E-state index in [4.69, 9.17) is 17.0 Å². The summed E-state index contributed by atoms with van der Waals surface area (Å²) in [6.45, 7) is 2.41. The summed E-state index contributed by atoms with van der Waals surface area (Å²) in [5, 5.41) is 3.74. The van der Waals surface area contributed by atoms with E-state index < -0.39 is 6.10 Å². The van der Waals surface area contributed by atoms with Crippen molar-refractivity contribution >= 4 is 28.9 Å². The molecule has 0 radical (unpaired) electrons. The topological polar surface area (TPSA) is 44.8 Å². The Hall–Kier alpha value is -2.67. The molecule has 0 spiro atoms. The molecule has 1 N–H and O–H groups in total. The smallest absolute Gasteiger partial charge is 0.265 e. The van der Waals surface area contributed by atoms with Crippen LogP contribution in [0.1, 0.15) is 24.8 Å². The molecule has 2 aliphatic heterocycles. The summed E-state index contributed by atoms with van der Waals surface area (Å²) >= 11 is 5.63. The summed E-state index contributed by atoms with van der Waals surface area (Å²) in [6.07, 6.45) is 2.66. The Kier molecular flexibility index (Phi) is 5.94. The number of carbonyl (C=O) groups is 1. The molecule has 29 heavy (non-hydrogen) atoms. The average molecular weight is 414 g/mol. The first-order valence-electron chi connectivity index (χ1n) is 9.96. The molecular weight excluding hydrogens is 389 g/mol. The van der Waals surface area contributed by atoms with Crippen LogP contribution in [0, 0.1) is 5.82 Å². The third-order valence-corrected chi connectivity index (χ3v) is 5.68. The van der Waals surface area contributed by atoms with E-state index in [0.717, 1.165) is 37.2 Å². The maximum Gasteiger partial charge on any atom is 0.265 e. The average Bonchev–Trinajstić information content (AvgIpc) is 2.78. The van der Waals surface area contributed by atoms with Gasteiger partial charge < -0.3 is 19.9 Å². The van der Waals surface area contributed by atoms with Crippen LogP contribution in [-0.2, 0) is 11.3 Å². The second kappa shape index (κ2) is 8.78. The number of carbonyl (C=O) groups excluding carboxylic acids is 1. The number of ether oxygens (including phenoxy) is 1. The first-order valence-corrected chi connectivity index (χ1v) is 10.4. The second-order valence-electron chi connectivity index (χ2n) is 7.36. The second-order valence-corrected chi connectivity index (χ2v) is 7.74. The number of hydrogen-bond acceptors (Lipinski definition) is 3. The molecule has 2 aromatic rings. The molecular formula is C22H24FN3O2S. The van der Waals surface area contributed by atoms with Gasteiger partial charge in [-0.1, -0.05) is 24.3 Å². The van der Waals surface area contributed by atoms with Crippen LogP contribution >= 0.6 is 12.2 Å². The summed E-state index contributed by atoms with van der Waals surface area (Å²) in [4.78, 5) is 16.8. The van der Waals surface area contributed by atoms with Crippen molar-refractivity contribution in [2.24, 2.45) is 0 Å². The minimum absolute atomic E-state index is 0.0190. The fraction of sp³-hybridized carbons (Fsp3) is 0.364. The summed E-state index contributed by atoms with van der Waals surface area (Å²) in [7, 11) is 0. The maximum absolute atomic E-state index is 13.1. The Balaban J connectivity index is 1.49. The van der Waals surface area contributed by atoms with Crippen LogP contribution in [0.4, 0.5) is 10.1 Å². The lowest BCUT2D eigenvalue weighted by molar-refractivity contribution is -0.139. The molecule has 1 saturated heterocycles. The first-order chi connectivity index (χ1) is 14.1. The molecule has 0 unspecified atom stereocenters. The van der Waals surface area contributed by atoms with E-state index in [-0.39, 0.29) is 11.7 Å². The predicted molar refractivity (Wildman–Crippen MR) is 114 cm³/mol. The lowest BCUT2D eigenvalue weighted by atomic mass is 10.1. The molecule has 1 amide bonds. The van der Waals surface area contributed by atoms with Crippen molar-refractivity contribution < 1.29 is 13.9 Å². The molecule has 1 fully saturated rings. The molecule has 1 atom stereocenters. The number of hydrogen-bond donors (Lipinski definition) is 1. The van der Waals surface area contributed by atoms with E-state index in [9.17, 15) is 9.18 Å². The summed E-state index contributed by atoms with van der Waals surface area (Å²) in [6, 6.07) is 13.9. The van der Waals surface area contributed by atoms with Gasteiger partial charge >= 0.3 is 0 Å². The minimum Gasteiger partial charge on any atom is -0.476 e. The van der Waals surface area contributed by atoms with E-state index in [0.29, 0.717) is 24.0 Å². The normalized spacial score (nSPS) is 18.6. The van der Waals surface area contributed by atoms with Crippen molar-refractivity contribution in [1.82, 2.24) is 10.2 Å². The van der Waals surface area contributed by atoms with Crippen molar-refractivity contribution in [3.05, 3.63) is 59.9 Å². The molecule has 0 saturated carbocycles. The number of nitrogens with zero attached hydrogens (tertiary/aromatic N) is 2. The lowest BCUT2D eigenvalue weighted by Gasteiger charge is -2.38. The Morgan fingerprint density at radius 2 is 1.83 bits per heavy atom. The number of para-hydroxylation sites is 2. The molecule has 4 rings (SSSR count). The van der Waals surface area contributed by atoms with Crippen molar-refractivity contribution in [2.45, 2.75) is 31.9 Å². The quantitative estimate of drug-likeness (QED) is 0.781. The van der Waals surface area contributed by atoms with Crippen LogP contribution in [0.25, 0.3) is 0 Å². The van der Waals surface area contributed by atoms with Crippen LogP contribution in [-0.4, -0.2) is 41.7 Å². The van der Waals surface area contributed by atoms with Gasteiger partial charge in [0.1, 0.15) is 11.6 Å². The van der Waals surface area contributed by atoms with E-state index in [1.165, 1.54) is 18.6 Å². The number of anilines is 1. The van der Waals surface area contributed by atoms with Gasteiger partial charge in [0.15, 0.2) is 11.2 Å². The van der Waals surface area contributed by atoms with Gasteiger partial charge in [-0.15, -0.1) is 0 Å². The number of likely N-dealkylation sites (tertiary alicyclic amines) is 1. The van der Waals surface area contributed by atoms with Gasteiger partial charge in [-0.2, -0.15) is 0 Å². The van der Waals surface area contributed by atoms with Gasteiger partial charge in [-0.25, -0.2) is 4.39 Å². The van der Waals surface area contributed by atoms with Gasteiger partial charge in [-0.3, -0.25) is 4.79 Å². The fourth-order valence-corrected chi connectivity index (χ4v) is 3.99.